The summed E-state index contributed by atoms with van der Waals surface area (Å²) in [5.74, 6) is -0.701. The Morgan fingerprint density at radius 2 is 2.00 bits per heavy atom. The highest BCUT2D eigenvalue weighted by Crippen LogP contribution is 2.47. The van der Waals surface area contributed by atoms with Gasteiger partial charge in [-0.1, -0.05) is 36.0 Å². The number of benzene rings is 1. The summed E-state index contributed by atoms with van der Waals surface area (Å²) in [6.45, 7) is 0. The third-order valence-electron chi connectivity index (χ3n) is 2.55. The van der Waals surface area contributed by atoms with E-state index in [0.29, 0.717) is 0 Å². The van der Waals surface area contributed by atoms with Crippen molar-refractivity contribution in [2.24, 2.45) is 5.41 Å². The minimum atomic E-state index is -0.701. The Bertz CT molecular complexity index is 380. The molecule has 0 amide bonds. The molecule has 3 heteroatoms. The number of rotatable bonds is 4. The van der Waals surface area contributed by atoms with Crippen LogP contribution in [0.3, 0.4) is 0 Å². The van der Waals surface area contributed by atoms with Gasteiger partial charge in [0.25, 0.3) is 0 Å². The molecule has 1 fully saturated rings. The predicted octanol–water partition coefficient (Wildman–Crippen LogP) is 3.16. The van der Waals surface area contributed by atoms with E-state index in [9.17, 15) is 4.79 Å². The largest absolute Gasteiger partial charge is 0.481 e. The minimum absolute atomic E-state index is 0.554. The molecule has 0 unspecified atom stereocenters. The monoisotopic (exact) mass is 220 g/mol. The Hall–Kier alpha value is -1.22. The fourth-order valence-corrected chi connectivity index (χ4v) is 2.13. The molecule has 0 aromatic heterocycles. The van der Waals surface area contributed by atoms with Crippen LogP contribution >= 0.6 is 11.8 Å². The van der Waals surface area contributed by atoms with Gasteiger partial charge >= 0.3 is 5.97 Å². The number of carboxylic acids is 1. The Morgan fingerprint density at radius 1 is 1.33 bits per heavy atom. The SMILES string of the molecule is O=C(O)C1(C=CSc2ccccc2)CC1. The highest BCUT2D eigenvalue weighted by molar-refractivity contribution is 8.02. The van der Waals surface area contributed by atoms with Gasteiger partial charge in [-0.25, -0.2) is 0 Å². The lowest BCUT2D eigenvalue weighted by molar-refractivity contribution is -0.141. The van der Waals surface area contributed by atoms with Crippen LogP contribution < -0.4 is 0 Å². The van der Waals surface area contributed by atoms with Gasteiger partial charge in [-0.15, -0.1) is 0 Å². The first-order chi connectivity index (χ1) is 7.23. The molecule has 1 saturated carbocycles. The fraction of sp³-hybridized carbons (Fsp3) is 0.250. The Labute approximate surface area is 93.0 Å². The van der Waals surface area contributed by atoms with E-state index in [1.54, 1.807) is 11.8 Å². The van der Waals surface area contributed by atoms with Gasteiger partial charge in [-0.2, -0.15) is 0 Å². The minimum Gasteiger partial charge on any atom is -0.481 e. The van der Waals surface area contributed by atoms with E-state index < -0.39 is 11.4 Å². The molecule has 1 aliphatic carbocycles. The quantitative estimate of drug-likeness (QED) is 0.792. The predicted molar refractivity (Wildman–Crippen MR) is 60.7 cm³/mol. The van der Waals surface area contributed by atoms with Crippen molar-refractivity contribution in [3.05, 3.63) is 41.8 Å². The summed E-state index contributed by atoms with van der Waals surface area (Å²) in [5.41, 5.74) is -0.554. The van der Waals surface area contributed by atoms with Gasteiger partial charge in [0.2, 0.25) is 0 Å². The van der Waals surface area contributed by atoms with Crippen LogP contribution in [-0.2, 0) is 4.79 Å². The molecule has 0 bridgehead atoms. The summed E-state index contributed by atoms with van der Waals surface area (Å²) >= 11 is 1.56. The number of hydrogen-bond acceptors (Lipinski definition) is 2. The van der Waals surface area contributed by atoms with E-state index in [1.807, 2.05) is 41.8 Å². The molecule has 1 aromatic rings. The zero-order chi connectivity index (χ0) is 10.7. The van der Waals surface area contributed by atoms with Crippen LogP contribution in [0.2, 0.25) is 0 Å². The number of carbonyl (C=O) groups is 1. The van der Waals surface area contributed by atoms with Crippen LogP contribution in [0.4, 0.5) is 0 Å². The Morgan fingerprint density at radius 3 is 2.53 bits per heavy atom. The summed E-state index contributed by atoms with van der Waals surface area (Å²) in [7, 11) is 0. The van der Waals surface area contributed by atoms with Crippen LogP contribution in [0.5, 0.6) is 0 Å². The molecule has 0 atom stereocenters. The Kier molecular flexibility index (Phi) is 2.82. The molecular formula is C12H12O2S. The molecule has 15 heavy (non-hydrogen) atoms. The van der Waals surface area contributed by atoms with Crippen LogP contribution in [0.25, 0.3) is 0 Å². The number of thioether (sulfide) groups is 1. The molecule has 0 radical (unpaired) electrons. The van der Waals surface area contributed by atoms with Gasteiger partial charge in [-0.05, 0) is 30.4 Å². The smallest absolute Gasteiger partial charge is 0.313 e. The van der Waals surface area contributed by atoms with Crippen molar-refractivity contribution in [3.8, 4) is 0 Å². The molecule has 0 heterocycles. The van der Waals surface area contributed by atoms with E-state index in [1.165, 1.54) is 0 Å². The third-order valence-corrected chi connectivity index (χ3v) is 3.37. The second-order valence-electron chi connectivity index (χ2n) is 3.69. The highest BCUT2D eigenvalue weighted by Gasteiger charge is 2.47. The number of carboxylic acid groups (broad SMARTS) is 1. The van der Waals surface area contributed by atoms with Crippen LogP contribution in [0, 0.1) is 5.41 Å². The third kappa shape index (κ3) is 2.42. The van der Waals surface area contributed by atoms with E-state index in [0.717, 1.165) is 17.7 Å². The van der Waals surface area contributed by atoms with Crippen molar-refractivity contribution in [1.29, 1.82) is 0 Å². The topological polar surface area (TPSA) is 37.3 Å². The van der Waals surface area contributed by atoms with Gasteiger partial charge < -0.3 is 5.11 Å². The van der Waals surface area contributed by atoms with Gasteiger partial charge in [0.05, 0.1) is 5.41 Å². The summed E-state index contributed by atoms with van der Waals surface area (Å²) in [6.07, 6.45) is 3.36. The maximum Gasteiger partial charge on any atom is 0.313 e. The molecule has 78 valence electrons. The lowest BCUT2D eigenvalue weighted by Crippen LogP contribution is -2.10. The first-order valence-corrected chi connectivity index (χ1v) is 5.74. The van der Waals surface area contributed by atoms with Crippen molar-refractivity contribution in [2.75, 3.05) is 0 Å². The molecular weight excluding hydrogens is 208 g/mol. The van der Waals surface area contributed by atoms with Crippen molar-refractivity contribution < 1.29 is 9.90 Å². The molecule has 1 aliphatic rings. The summed E-state index contributed by atoms with van der Waals surface area (Å²) in [5, 5.41) is 10.8. The molecule has 2 rings (SSSR count). The first kappa shape index (κ1) is 10.3. The van der Waals surface area contributed by atoms with Crippen LogP contribution in [-0.4, -0.2) is 11.1 Å². The first-order valence-electron chi connectivity index (χ1n) is 4.86. The maximum atomic E-state index is 10.9. The highest BCUT2D eigenvalue weighted by atomic mass is 32.2. The van der Waals surface area contributed by atoms with Crippen molar-refractivity contribution in [3.63, 3.8) is 0 Å². The van der Waals surface area contributed by atoms with Crippen LogP contribution in [0.15, 0.2) is 46.7 Å². The normalized spacial score (nSPS) is 17.9. The standard InChI is InChI=1S/C12H12O2S/c13-11(14)12(6-7-12)8-9-15-10-4-2-1-3-5-10/h1-5,8-9H,6-7H2,(H,13,14). The van der Waals surface area contributed by atoms with E-state index >= 15 is 0 Å². The lowest BCUT2D eigenvalue weighted by Gasteiger charge is -2.01. The molecule has 1 N–H and O–H groups in total. The van der Waals surface area contributed by atoms with Crippen molar-refractivity contribution in [1.82, 2.24) is 0 Å². The molecule has 0 aliphatic heterocycles. The summed E-state index contributed by atoms with van der Waals surface area (Å²) < 4.78 is 0. The molecule has 0 saturated heterocycles. The number of hydrogen-bond donors (Lipinski definition) is 1. The second-order valence-corrected chi connectivity index (χ2v) is 4.67. The van der Waals surface area contributed by atoms with Gasteiger partial charge in [0.1, 0.15) is 0 Å². The Balaban J connectivity index is 1.94. The summed E-state index contributed by atoms with van der Waals surface area (Å²) in [4.78, 5) is 12.0. The maximum absolute atomic E-state index is 10.9. The molecule has 2 nitrogen and oxygen atoms in total. The zero-order valence-electron chi connectivity index (χ0n) is 8.22. The van der Waals surface area contributed by atoms with Gasteiger partial charge in [0.15, 0.2) is 0 Å². The van der Waals surface area contributed by atoms with Gasteiger partial charge in [-0.3, -0.25) is 4.79 Å². The lowest BCUT2D eigenvalue weighted by atomic mass is 10.1. The average Bonchev–Trinajstić information content (AvgIpc) is 3.01. The average molecular weight is 220 g/mol. The molecule has 1 aromatic carbocycles. The van der Waals surface area contributed by atoms with E-state index in [4.69, 9.17) is 5.11 Å². The number of aliphatic carboxylic acids is 1. The summed E-state index contributed by atoms with van der Waals surface area (Å²) in [6, 6.07) is 9.93. The zero-order valence-corrected chi connectivity index (χ0v) is 9.04. The van der Waals surface area contributed by atoms with Crippen molar-refractivity contribution in [2.45, 2.75) is 17.7 Å². The van der Waals surface area contributed by atoms with E-state index in [-0.39, 0.29) is 0 Å². The van der Waals surface area contributed by atoms with Gasteiger partial charge in [0, 0.05) is 4.90 Å². The molecule has 0 spiro atoms. The second kappa shape index (κ2) is 4.11. The van der Waals surface area contributed by atoms with Crippen molar-refractivity contribution >= 4 is 17.7 Å². The fourth-order valence-electron chi connectivity index (χ4n) is 1.33. The van der Waals surface area contributed by atoms with Crippen LogP contribution in [0.1, 0.15) is 12.8 Å². The van der Waals surface area contributed by atoms with E-state index in [2.05, 4.69) is 0 Å².